The van der Waals surface area contributed by atoms with E-state index >= 15 is 0 Å². The lowest BCUT2D eigenvalue weighted by Crippen LogP contribution is -2.22. The fourth-order valence-electron chi connectivity index (χ4n) is 3.36. The standard InChI is InChI=1S/C20H12ClF2NO3S/c21-14-7-11(23)5-6-12(14)13-8-15(25)24-17-16(9-1-3-10(22)4-2-9)19(20(26)27)28-18(13)17/h1-7,13H,8H2,(H,24,25)(H,26,27). The fourth-order valence-corrected chi connectivity index (χ4v) is 4.90. The molecule has 1 aliphatic heterocycles. The number of thiophene rings is 1. The van der Waals surface area contributed by atoms with Crippen LogP contribution in [0.2, 0.25) is 5.02 Å². The lowest BCUT2D eigenvalue weighted by Gasteiger charge is -2.24. The number of anilines is 1. The number of fused-ring (bicyclic) bond motifs is 1. The molecule has 0 aliphatic carbocycles. The van der Waals surface area contributed by atoms with Crippen LogP contribution in [-0.4, -0.2) is 17.0 Å². The maximum Gasteiger partial charge on any atom is 0.346 e. The van der Waals surface area contributed by atoms with E-state index in [4.69, 9.17) is 11.6 Å². The first-order valence-electron chi connectivity index (χ1n) is 8.26. The molecule has 1 amide bonds. The number of amides is 1. The molecule has 0 fully saturated rings. The van der Waals surface area contributed by atoms with Gasteiger partial charge in [0.25, 0.3) is 0 Å². The van der Waals surface area contributed by atoms with Crippen LogP contribution in [0.1, 0.15) is 32.5 Å². The molecule has 1 aliphatic rings. The molecular weight excluding hydrogens is 408 g/mol. The molecule has 142 valence electrons. The molecule has 4 rings (SSSR count). The highest BCUT2D eigenvalue weighted by atomic mass is 35.5. The molecule has 3 aromatic rings. The van der Waals surface area contributed by atoms with Crippen LogP contribution in [0.25, 0.3) is 11.1 Å². The van der Waals surface area contributed by atoms with Crippen LogP contribution in [0.5, 0.6) is 0 Å². The zero-order valence-corrected chi connectivity index (χ0v) is 15.7. The first-order chi connectivity index (χ1) is 13.3. The number of carbonyl (C=O) groups is 2. The van der Waals surface area contributed by atoms with Crippen LogP contribution in [0.15, 0.2) is 42.5 Å². The average Bonchev–Trinajstić information content (AvgIpc) is 3.01. The second-order valence-corrected chi connectivity index (χ2v) is 7.79. The SMILES string of the molecule is O=C1CC(c2ccc(F)cc2Cl)c2sc(C(=O)O)c(-c3ccc(F)cc3)c2N1. The number of benzene rings is 2. The summed E-state index contributed by atoms with van der Waals surface area (Å²) in [6, 6.07) is 9.29. The largest absolute Gasteiger partial charge is 0.477 e. The molecule has 2 heterocycles. The second kappa shape index (κ2) is 7.00. The molecule has 0 spiro atoms. The Bertz CT molecular complexity index is 1110. The molecular formula is C20H12ClF2NO3S. The highest BCUT2D eigenvalue weighted by molar-refractivity contribution is 7.15. The number of nitrogens with one attached hydrogen (secondary N) is 1. The maximum atomic E-state index is 13.4. The van der Waals surface area contributed by atoms with Gasteiger partial charge in [-0.2, -0.15) is 0 Å². The third kappa shape index (κ3) is 3.16. The zero-order chi connectivity index (χ0) is 20.0. The van der Waals surface area contributed by atoms with Gasteiger partial charge in [0.1, 0.15) is 16.5 Å². The van der Waals surface area contributed by atoms with E-state index in [0.29, 0.717) is 27.3 Å². The molecule has 0 radical (unpaired) electrons. The number of carbonyl (C=O) groups excluding carboxylic acids is 1. The zero-order valence-electron chi connectivity index (χ0n) is 14.1. The van der Waals surface area contributed by atoms with Gasteiger partial charge in [-0.1, -0.05) is 29.8 Å². The monoisotopic (exact) mass is 419 g/mol. The van der Waals surface area contributed by atoms with Gasteiger partial charge in [-0.25, -0.2) is 13.6 Å². The van der Waals surface area contributed by atoms with E-state index in [9.17, 15) is 23.5 Å². The predicted molar refractivity (Wildman–Crippen MR) is 103 cm³/mol. The molecule has 8 heteroatoms. The van der Waals surface area contributed by atoms with Gasteiger partial charge in [0, 0.05) is 27.8 Å². The van der Waals surface area contributed by atoms with Gasteiger partial charge < -0.3 is 10.4 Å². The minimum absolute atomic E-state index is 0.0297. The number of halogens is 3. The van der Waals surface area contributed by atoms with Crippen LogP contribution in [-0.2, 0) is 4.79 Å². The van der Waals surface area contributed by atoms with E-state index in [1.54, 1.807) is 0 Å². The second-order valence-electron chi connectivity index (χ2n) is 6.33. The Balaban J connectivity index is 1.94. The summed E-state index contributed by atoms with van der Waals surface area (Å²) in [6.07, 6.45) is 0.0563. The van der Waals surface area contributed by atoms with Crippen molar-refractivity contribution in [2.75, 3.05) is 5.32 Å². The first-order valence-corrected chi connectivity index (χ1v) is 9.45. The first kappa shape index (κ1) is 18.6. The minimum atomic E-state index is -1.16. The molecule has 28 heavy (non-hydrogen) atoms. The van der Waals surface area contributed by atoms with E-state index in [2.05, 4.69) is 5.32 Å². The smallest absolute Gasteiger partial charge is 0.346 e. The van der Waals surface area contributed by atoms with E-state index < -0.39 is 23.5 Å². The lowest BCUT2D eigenvalue weighted by molar-refractivity contribution is -0.116. The van der Waals surface area contributed by atoms with E-state index in [0.717, 1.165) is 17.4 Å². The fraction of sp³-hybridized carbons (Fsp3) is 0.100. The summed E-state index contributed by atoms with van der Waals surface area (Å²) in [5.41, 5.74) is 1.71. The molecule has 2 N–H and O–H groups in total. The molecule has 4 nitrogen and oxygen atoms in total. The lowest BCUT2D eigenvalue weighted by atomic mass is 9.88. The van der Waals surface area contributed by atoms with Crippen LogP contribution < -0.4 is 5.32 Å². The quantitative estimate of drug-likeness (QED) is 0.587. The highest BCUT2D eigenvalue weighted by Crippen LogP contribution is 2.50. The minimum Gasteiger partial charge on any atom is -0.477 e. The number of rotatable bonds is 3. The molecule has 0 bridgehead atoms. The normalized spacial score (nSPS) is 15.8. The number of carboxylic acid groups (broad SMARTS) is 1. The van der Waals surface area contributed by atoms with Gasteiger partial charge in [-0.05, 0) is 35.4 Å². The van der Waals surface area contributed by atoms with Gasteiger partial charge in [0.2, 0.25) is 5.91 Å². The predicted octanol–water partition coefficient (Wildman–Crippen LogP) is 5.52. The third-order valence-corrected chi connectivity index (χ3v) is 6.19. The van der Waals surface area contributed by atoms with Crippen molar-refractivity contribution in [1.29, 1.82) is 0 Å². The Morgan fingerprint density at radius 1 is 1.14 bits per heavy atom. The Hall–Kier alpha value is -2.77. The van der Waals surface area contributed by atoms with Gasteiger partial charge in [0.15, 0.2) is 0 Å². The number of aromatic carboxylic acids is 1. The topological polar surface area (TPSA) is 66.4 Å². The van der Waals surface area contributed by atoms with Gasteiger partial charge in [0.05, 0.1) is 5.69 Å². The van der Waals surface area contributed by atoms with Gasteiger partial charge >= 0.3 is 5.97 Å². The molecule has 2 aromatic carbocycles. The van der Waals surface area contributed by atoms with Crippen molar-refractivity contribution in [1.82, 2.24) is 0 Å². The van der Waals surface area contributed by atoms with Crippen molar-refractivity contribution in [2.24, 2.45) is 0 Å². The molecule has 1 atom stereocenters. The summed E-state index contributed by atoms with van der Waals surface area (Å²) in [5, 5.41) is 12.6. The summed E-state index contributed by atoms with van der Waals surface area (Å²) < 4.78 is 26.8. The Morgan fingerprint density at radius 3 is 2.46 bits per heavy atom. The van der Waals surface area contributed by atoms with Crippen molar-refractivity contribution < 1.29 is 23.5 Å². The third-order valence-electron chi connectivity index (χ3n) is 4.57. The Morgan fingerprint density at radius 2 is 1.82 bits per heavy atom. The molecule has 1 unspecified atom stereocenters. The Kier molecular flexibility index (Phi) is 4.64. The average molecular weight is 420 g/mol. The van der Waals surface area contributed by atoms with E-state index in [1.807, 2.05) is 0 Å². The van der Waals surface area contributed by atoms with Gasteiger partial charge in [-0.15, -0.1) is 11.3 Å². The Labute approximate surface area is 167 Å². The van der Waals surface area contributed by atoms with Crippen molar-refractivity contribution in [3.8, 4) is 11.1 Å². The summed E-state index contributed by atoms with van der Waals surface area (Å²) >= 11 is 7.22. The molecule has 0 saturated carbocycles. The van der Waals surface area contributed by atoms with E-state index in [1.165, 1.54) is 36.4 Å². The van der Waals surface area contributed by atoms with Crippen molar-refractivity contribution in [3.05, 3.63) is 74.4 Å². The number of carboxylic acids is 1. The molecule has 1 aromatic heterocycles. The number of hydrogen-bond donors (Lipinski definition) is 2. The van der Waals surface area contributed by atoms with Crippen LogP contribution >= 0.6 is 22.9 Å². The van der Waals surface area contributed by atoms with Gasteiger partial charge in [-0.3, -0.25) is 4.79 Å². The maximum absolute atomic E-state index is 13.4. The summed E-state index contributed by atoms with van der Waals surface area (Å²) in [4.78, 5) is 24.9. The van der Waals surface area contributed by atoms with Crippen molar-refractivity contribution in [3.63, 3.8) is 0 Å². The van der Waals surface area contributed by atoms with Crippen LogP contribution in [0.3, 0.4) is 0 Å². The number of hydrogen-bond acceptors (Lipinski definition) is 3. The van der Waals surface area contributed by atoms with Crippen LogP contribution in [0, 0.1) is 11.6 Å². The summed E-state index contributed by atoms with van der Waals surface area (Å²) in [6.45, 7) is 0. The summed E-state index contributed by atoms with van der Waals surface area (Å²) in [5.74, 6) is -2.93. The summed E-state index contributed by atoms with van der Waals surface area (Å²) in [7, 11) is 0. The van der Waals surface area contributed by atoms with Crippen molar-refractivity contribution >= 4 is 40.5 Å². The molecule has 0 saturated heterocycles. The highest BCUT2D eigenvalue weighted by Gasteiger charge is 2.35. The van der Waals surface area contributed by atoms with Crippen LogP contribution in [0.4, 0.5) is 14.5 Å². The van der Waals surface area contributed by atoms with Crippen molar-refractivity contribution in [2.45, 2.75) is 12.3 Å². The van der Waals surface area contributed by atoms with E-state index in [-0.39, 0.29) is 22.2 Å².